The molecule has 5 nitrogen and oxygen atoms in total. The van der Waals surface area contributed by atoms with Gasteiger partial charge in [-0.2, -0.15) is 0 Å². The van der Waals surface area contributed by atoms with Crippen LogP contribution >= 0.6 is 0 Å². The highest BCUT2D eigenvalue weighted by atomic mass is 16.5. The van der Waals surface area contributed by atoms with Gasteiger partial charge in [0.2, 0.25) is 0 Å². The largest absolute Gasteiger partial charge is 0.490 e. The molecule has 0 saturated heterocycles. The Morgan fingerprint density at radius 1 is 0.711 bits per heavy atom. The summed E-state index contributed by atoms with van der Waals surface area (Å²) in [7, 11) is 0. The molecule has 0 aliphatic carbocycles. The van der Waals surface area contributed by atoms with Crippen LogP contribution in [0.5, 0.6) is 23.0 Å². The normalized spacial score (nSPS) is 12.7. The zero-order chi connectivity index (χ0) is 32.7. The van der Waals surface area contributed by atoms with Crippen LogP contribution in [0.1, 0.15) is 110 Å². The number of benzene rings is 4. The number of ether oxygens (including phenoxy) is 3. The Hall–Kier alpha value is -4.38. The van der Waals surface area contributed by atoms with Gasteiger partial charge in [0.15, 0.2) is 5.78 Å². The molecule has 0 N–H and O–H groups in total. The molecule has 0 fully saturated rings. The van der Waals surface area contributed by atoms with Crippen LogP contribution in [0.15, 0.2) is 84.9 Å². The molecule has 45 heavy (non-hydrogen) atoms. The third-order valence-electron chi connectivity index (χ3n) is 8.44. The molecular weight excluding hydrogens is 560 g/mol. The minimum absolute atomic E-state index is 0.131. The van der Waals surface area contributed by atoms with Gasteiger partial charge in [-0.15, -0.1) is 0 Å². The number of Topliss-reactive ketones (excluding diaryl/α,β-unsaturated/α-hetero) is 1. The Kier molecular flexibility index (Phi) is 10.9. The number of aryl methyl sites for hydroxylation is 2. The second-order valence-corrected chi connectivity index (χ2v) is 12.6. The summed E-state index contributed by atoms with van der Waals surface area (Å²) in [5, 5.41) is 0. The van der Waals surface area contributed by atoms with Crippen molar-refractivity contribution in [1.82, 2.24) is 0 Å². The zero-order valence-corrected chi connectivity index (χ0v) is 27.9. The lowest BCUT2D eigenvalue weighted by molar-refractivity contribution is 0.0733. The van der Waals surface area contributed by atoms with Crippen molar-refractivity contribution < 1.29 is 23.8 Å². The highest BCUT2D eigenvalue weighted by Gasteiger charge is 2.27. The van der Waals surface area contributed by atoms with E-state index in [0.717, 1.165) is 41.7 Å². The summed E-state index contributed by atoms with van der Waals surface area (Å²) in [6, 6.07) is 26.4. The summed E-state index contributed by atoms with van der Waals surface area (Å²) in [4.78, 5) is 25.8. The Bertz CT molecular complexity index is 1620. The highest BCUT2D eigenvalue weighted by molar-refractivity contribution is 6.00. The number of carbonyl (C=O) groups excluding carboxylic acids is 2. The molecule has 2 unspecified atom stereocenters. The van der Waals surface area contributed by atoms with Gasteiger partial charge in [-0.25, -0.2) is 4.79 Å². The van der Waals surface area contributed by atoms with Crippen molar-refractivity contribution in [2.45, 2.75) is 86.7 Å². The van der Waals surface area contributed by atoms with Crippen LogP contribution in [0.2, 0.25) is 0 Å². The number of carbonyl (C=O) groups is 2. The number of rotatable bonds is 13. The molecule has 0 aliphatic rings. The number of esters is 1. The predicted octanol–water partition coefficient (Wildman–Crippen LogP) is 10.7. The summed E-state index contributed by atoms with van der Waals surface area (Å²) in [6.07, 6.45) is 2.94. The maximum absolute atomic E-state index is 13.0. The van der Waals surface area contributed by atoms with E-state index in [1.807, 2.05) is 32.9 Å². The van der Waals surface area contributed by atoms with Gasteiger partial charge < -0.3 is 14.2 Å². The maximum Gasteiger partial charge on any atom is 0.343 e. The summed E-state index contributed by atoms with van der Waals surface area (Å²) < 4.78 is 17.8. The molecule has 5 heteroatoms. The second-order valence-electron chi connectivity index (χ2n) is 12.6. The average molecular weight is 607 g/mol. The van der Waals surface area contributed by atoms with Crippen molar-refractivity contribution in [3.05, 3.63) is 118 Å². The summed E-state index contributed by atoms with van der Waals surface area (Å²) in [5.41, 5.74) is 5.06. The van der Waals surface area contributed by atoms with Gasteiger partial charge in [0, 0.05) is 16.9 Å². The van der Waals surface area contributed by atoms with Crippen molar-refractivity contribution >= 4 is 11.8 Å². The highest BCUT2D eigenvalue weighted by Crippen LogP contribution is 2.32. The zero-order valence-electron chi connectivity index (χ0n) is 27.9. The molecule has 0 bridgehead atoms. The van der Waals surface area contributed by atoms with E-state index in [1.54, 1.807) is 48.5 Å². The quantitative estimate of drug-likeness (QED) is 0.0861. The van der Waals surface area contributed by atoms with E-state index in [0.29, 0.717) is 28.4 Å². The van der Waals surface area contributed by atoms with E-state index in [4.69, 9.17) is 14.2 Å². The lowest BCUT2D eigenvalue weighted by Gasteiger charge is -2.22. The van der Waals surface area contributed by atoms with Crippen LogP contribution in [0.25, 0.3) is 0 Å². The first-order chi connectivity index (χ1) is 21.4. The van der Waals surface area contributed by atoms with E-state index in [9.17, 15) is 9.59 Å². The van der Waals surface area contributed by atoms with Gasteiger partial charge >= 0.3 is 5.97 Å². The second kappa shape index (κ2) is 14.6. The molecule has 4 rings (SSSR count). The smallest absolute Gasteiger partial charge is 0.343 e. The van der Waals surface area contributed by atoms with Crippen LogP contribution in [0.3, 0.4) is 0 Å². The lowest BCUT2D eigenvalue weighted by Crippen LogP contribution is -2.24. The van der Waals surface area contributed by atoms with Crippen molar-refractivity contribution in [1.29, 1.82) is 0 Å². The Morgan fingerprint density at radius 2 is 1.22 bits per heavy atom. The van der Waals surface area contributed by atoms with E-state index < -0.39 is 11.4 Å². The van der Waals surface area contributed by atoms with Gasteiger partial charge in [0.1, 0.15) is 23.0 Å². The molecule has 2 atom stereocenters. The molecule has 4 aromatic carbocycles. The summed E-state index contributed by atoms with van der Waals surface area (Å²) in [6.45, 7) is 16.5. The molecule has 0 heterocycles. The first-order valence-electron chi connectivity index (χ1n) is 15.9. The Balaban J connectivity index is 1.37. The molecule has 0 spiro atoms. The fourth-order valence-corrected chi connectivity index (χ4v) is 5.38. The van der Waals surface area contributed by atoms with Crippen LogP contribution in [-0.2, 0) is 0 Å². The number of ketones is 1. The summed E-state index contributed by atoms with van der Waals surface area (Å²) >= 11 is 0. The van der Waals surface area contributed by atoms with Crippen LogP contribution in [0, 0.1) is 19.3 Å². The Morgan fingerprint density at radius 3 is 1.71 bits per heavy atom. The molecular formula is C40H46O5. The van der Waals surface area contributed by atoms with Gasteiger partial charge in [0.05, 0.1) is 11.7 Å². The van der Waals surface area contributed by atoms with Crippen LogP contribution in [0.4, 0.5) is 0 Å². The average Bonchev–Trinajstić information content (AvgIpc) is 3.02. The fraction of sp³-hybridized carbons (Fsp3) is 0.350. The molecule has 0 aromatic heterocycles. The topological polar surface area (TPSA) is 61.8 Å². The van der Waals surface area contributed by atoms with E-state index in [-0.39, 0.29) is 17.8 Å². The number of hydrogen-bond acceptors (Lipinski definition) is 5. The minimum atomic E-state index is -0.435. The minimum Gasteiger partial charge on any atom is -0.490 e. The van der Waals surface area contributed by atoms with Crippen LogP contribution in [-0.4, -0.2) is 17.9 Å². The monoisotopic (exact) mass is 606 g/mol. The van der Waals surface area contributed by atoms with Gasteiger partial charge in [-0.1, -0.05) is 65.3 Å². The van der Waals surface area contributed by atoms with Gasteiger partial charge in [-0.05, 0) is 117 Å². The molecule has 236 valence electrons. The first kappa shape index (κ1) is 33.5. The van der Waals surface area contributed by atoms with Crippen molar-refractivity contribution in [2.75, 3.05) is 0 Å². The van der Waals surface area contributed by atoms with Gasteiger partial charge in [-0.3, -0.25) is 4.79 Å². The summed E-state index contributed by atoms with van der Waals surface area (Å²) in [5.74, 6) is 2.52. The number of hydrogen-bond donors (Lipinski definition) is 0. The van der Waals surface area contributed by atoms with Gasteiger partial charge in [0.25, 0.3) is 0 Å². The van der Waals surface area contributed by atoms with E-state index in [1.165, 1.54) is 5.56 Å². The molecule has 0 radical (unpaired) electrons. The third-order valence-corrected chi connectivity index (χ3v) is 8.44. The van der Waals surface area contributed by atoms with Crippen molar-refractivity contribution in [3.63, 3.8) is 0 Å². The predicted molar refractivity (Wildman–Crippen MR) is 181 cm³/mol. The van der Waals surface area contributed by atoms with E-state index in [2.05, 4.69) is 58.9 Å². The molecule has 4 aromatic rings. The van der Waals surface area contributed by atoms with Crippen molar-refractivity contribution in [3.8, 4) is 23.0 Å². The standard InChI is InChI=1S/C40H46O5/c1-9-23-40(7,8)38(41)30-11-17-34(18-12-30)44-35-19-13-31(14-20-35)39(42)45-37-22-16-33(25-27(37)4)29(6)32-15-21-36(26(3)24-32)43-28(5)10-2/h11-22,24-25,28-29H,9-10,23H2,1-8H3. The first-order valence-corrected chi connectivity index (χ1v) is 15.9. The fourth-order valence-electron chi connectivity index (χ4n) is 5.38. The maximum atomic E-state index is 13.0. The third kappa shape index (κ3) is 8.42. The Labute approximate surface area is 268 Å². The van der Waals surface area contributed by atoms with E-state index >= 15 is 0 Å². The molecule has 0 saturated carbocycles. The van der Waals surface area contributed by atoms with Crippen molar-refractivity contribution in [2.24, 2.45) is 5.41 Å². The molecule has 0 aliphatic heterocycles. The SMILES string of the molecule is CCCC(C)(C)C(=O)c1ccc(Oc2ccc(C(=O)Oc3ccc(C(C)c4ccc(OC(C)CC)c(C)c4)cc3C)cc2)cc1. The van der Waals surface area contributed by atoms with Crippen LogP contribution < -0.4 is 14.2 Å². The molecule has 0 amide bonds. The lowest BCUT2D eigenvalue weighted by atomic mass is 9.80.